The summed E-state index contributed by atoms with van der Waals surface area (Å²) >= 11 is 0. The number of aryl methyl sites for hydroxylation is 1. The number of anilines is 1. The van der Waals surface area contributed by atoms with E-state index in [1.807, 2.05) is 0 Å². The van der Waals surface area contributed by atoms with E-state index in [9.17, 15) is 9.59 Å². The molecule has 0 saturated heterocycles. The number of hydrogen-bond acceptors (Lipinski definition) is 6. The SMILES string of the molecule is COC(=O)c1ccc(NCCNC(=O)c2cccnc2)nc1C. The van der Waals surface area contributed by atoms with Gasteiger partial charge in [0.25, 0.3) is 5.91 Å². The largest absolute Gasteiger partial charge is 0.465 e. The average molecular weight is 314 g/mol. The van der Waals surface area contributed by atoms with Crippen LogP contribution >= 0.6 is 0 Å². The summed E-state index contributed by atoms with van der Waals surface area (Å²) in [5.41, 5.74) is 1.54. The number of carbonyl (C=O) groups excluding carboxylic acids is 2. The number of amides is 1. The van der Waals surface area contributed by atoms with Gasteiger partial charge in [-0.1, -0.05) is 0 Å². The molecule has 0 aliphatic carbocycles. The number of hydrogen-bond donors (Lipinski definition) is 2. The van der Waals surface area contributed by atoms with Crippen molar-refractivity contribution in [2.75, 3.05) is 25.5 Å². The van der Waals surface area contributed by atoms with E-state index in [-0.39, 0.29) is 5.91 Å². The van der Waals surface area contributed by atoms with Crippen molar-refractivity contribution in [1.82, 2.24) is 15.3 Å². The molecule has 0 aliphatic rings. The van der Waals surface area contributed by atoms with Crippen molar-refractivity contribution in [3.05, 3.63) is 53.5 Å². The number of carbonyl (C=O) groups is 2. The highest BCUT2D eigenvalue weighted by atomic mass is 16.5. The average Bonchev–Trinajstić information content (AvgIpc) is 2.58. The molecule has 7 nitrogen and oxygen atoms in total. The lowest BCUT2D eigenvalue weighted by Crippen LogP contribution is -2.29. The molecule has 120 valence electrons. The predicted octanol–water partition coefficient (Wildman–Crippen LogP) is 1.41. The van der Waals surface area contributed by atoms with Crippen molar-refractivity contribution in [1.29, 1.82) is 0 Å². The molecule has 0 fully saturated rings. The van der Waals surface area contributed by atoms with Gasteiger partial charge in [-0.15, -0.1) is 0 Å². The summed E-state index contributed by atoms with van der Waals surface area (Å²) in [6.07, 6.45) is 3.13. The molecule has 0 radical (unpaired) electrons. The summed E-state index contributed by atoms with van der Waals surface area (Å²) < 4.78 is 4.67. The number of methoxy groups -OCH3 is 1. The molecule has 0 unspecified atom stereocenters. The molecule has 0 bridgehead atoms. The number of nitrogens with one attached hydrogen (secondary N) is 2. The van der Waals surface area contributed by atoms with E-state index in [0.29, 0.717) is 35.7 Å². The molecule has 0 aromatic carbocycles. The van der Waals surface area contributed by atoms with Gasteiger partial charge in [-0.05, 0) is 31.2 Å². The van der Waals surface area contributed by atoms with Crippen LogP contribution in [0.4, 0.5) is 5.82 Å². The Kier molecular flexibility index (Phi) is 5.62. The second-order valence-corrected chi connectivity index (χ2v) is 4.75. The molecular formula is C16H18N4O3. The zero-order valence-corrected chi connectivity index (χ0v) is 13.0. The lowest BCUT2D eigenvalue weighted by Gasteiger charge is -2.09. The van der Waals surface area contributed by atoms with Crippen molar-refractivity contribution < 1.29 is 14.3 Å². The van der Waals surface area contributed by atoms with Crippen LogP contribution in [0.5, 0.6) is 0 Å². The molecule has 1 amide bonds. The third-order valence-corrected chi connectivity index (χ3v) is 3.13. The molecule has 2 heterocycles. The standard InChI is InChI=1S/C16H18N4O3/c1-11-13(16(22)23-2)5-6-14(20-11)18-8-9-19-15(21)12-4-3-7-17-10-12/h3-7,10H,8-9H2,1-2H3,(H,18,20)(H,19,21). The first-order valence-corrected chi connectivity index (χ1v) is 7.10. The smallest absolute Gasteiger partial charge is 0.339 e. The summed E-state index contributed by atoms with van der Waals surface area (Å²) in [5.74, 6) is 0.0427. The van der Waals surface area contributed by atoms with Crippen LogP contribution in [0.15, 0.2) is 36.7 Å². The van der Waals surface area contributed by atoms with Gasteiger partial charge in [0, 0.05) is 25.5 Å². The Morgan fingerprint density at radius 1 is 1.22 bits per heavy atom. The first-order chi connectivity index (χ1) is 11.1. The van der Waals surface area contributed by atoms with Gasteiger partial charge in [-0.3, -0.25) is 9.78 Å². The minimum atomic E-state index is -0.412. The van der Waals surface area contributed by atoms with Crippen LogP contribution in [0.1, 0.15) is 26.4 Å². The topological polar surface area (TPSA) is 93.2 Å². The van der Waals surface area contributed by atoms with Gasteiger partial charge in [-0.2, -0.15) is 0 Å². The second kappa shape index (κ2) is 7.88. The Bertz CT molecular complexity index is 689. The monoisotopic (exact) mass is 314 g/mol. The Balaban J connectivity index is 1.82. The van der Waals surface area contributed by atoms with E-state index in [1.54, 1.807) is 37.4 Å². The number of rotatable bonds is 6. The fraction of sp³-hybridized carbons (Fsp3) is 0.250. The van der Waals surface area contributed by atoms with Crippen LogP contribution in [-0.4, -0.2) is 42.0 Å². The van der Waals surface area contributed by atoms with Gasteiger partial charge in [-0.25, -0.2) is 9.78 Å². The summed E-state index contributed by atoms with van der Waals surface area (Å²) in [4.78, 5) is 31.5. The first-order valence-electron chi connectivity index (χ1n) is 7.10. The minimum absolute atomic E-state index is 0.176. The van der Waals surface area contributed by atoms with E-state index >= 15 is 0 Å². The molecule has 2 N–H and O–H groups in total. The van der Waals surface area contributed by atoms with Gasteiger partial charge in [0.2, 0.25) is 0 Å². The Labute approximate surface area is 134 Å². The molecule has 0 saturated carbocycles. The molecular weight excluding hydrogens is 296 g/mol. The third-order valence-electron chi connectivity index (χ3n) is 3.13. The van der Waals surface area contributed by atoms with Gasteiger partial charge in [0.05, 0.1) is 23.9 Å². The quantitative estimate of drug-likeness (QED) is 0.618. The van der Waals surface area contributed by atoms with Gasteiger partial charge in [0.15, 0.2) is 0 Å². The Morgan fingerprint density at radius 3 is 2.70 bits per heavy atom. The van der Waals surface area contributed by atoms with Crippen molar-refractivity contribution in [2.24, 2.45) is 0 Å². The lowest BCUT2D eigenvalue weighted by molar-refractivity contribution is 0.0599. The Morgan fingerprint density at radius 2 is 2.04 bits per heavy atom. The zero-order valence-electron chi connectivity index (χ0n) is 13.0. The second-order valence-electron chi connectivity index (χ2n) is 4.75. The molecule has 2 rings (SSSR count). The van der Waals surface area contributed by atoms with Gasteiger partial charge >= 0.3 is 5.97 Å². The molecule has 2 aromatic heterocycles. The molecule has 23 heavy (non-hydrogen) atoms. The van der Waals surface area contributed by atoms with Crippen LogP contribution in [0, 0.1) is 6.92 Å². The van der Waals surface area contributed by atoms with Crippen molar-refractivity contribution in [3.63, 3.8) is 0 Å². The van der Waals surface area contributed by atoms with Crippen LogP contribution in [0.2, 0.25) is 0 Å². The van der Waals surface area contributed by atoms with Gasteiger partial charge < -0.3 is 15.4 Å². The van der Waals surface area contributed by atoms with Crippen molar-refractivity contribution in [3.8, 4) is 0 Å². The van der Waals surface area contributed by atoms with E-state index < -0.39 is 5.97 Å². The first kappa shape index (κ1) is 16.4. The molecule has 0 aliphatic heterocycles. The highest BCUT2D eigenvalue weighted by Crippen LogP contribution is 2.11. The maximum Gasteiger partial charge on any atom is 0.339 e. The van der Waals surface area contributed by atoms with E-state index in [2.05, 4.69) is 25.3 Å². The number of ether oxygens (including phenoxy) is 1. The molecule has 2 aromatic rings. The normalized spacial score (nSPS) is 10.0. The summed E-state index contributed by atoms with van der Waals surface area (Å²) in [6, 6.07) is 6.77. The Hall–Kier alpha value is -2.96. The number of esters is 1. The molecule has 0 spiro atoms. The zero-order chi connectivity index (χ0) is 16.7. The fourth-order valence-corrected chi connectivity index (χ4v) is 1.95. The van der Waals surface area contributed by atoms with Crippen LogP contribution < -0.4 is 10.6 Å². The number of pyridine rings is 2. The summed E-state index contributed by atoms with van der Waals surface area (Å²) in [6.45, 7) is 2.69. The highest BCUT2D eigenvalue weighted by Gasteiger charge is 2.10. The summed E-state index contributed by atoms with van der Waals surface area (Å²) in [7, 11) is 1.33. The predicted molar refractivity (Wildman–Crippen MR) is 85.4 cm³/mol. The maximum absolute atomic E-state index is 11.8. The van der Waals surface area contributed by atoms with Crippen LogP contribution in [0.3, 0.4) is 0 Å². The maximum atomic E-state index is 11.8. The van der Waals surface area contributed by atoms with E-state index in [1.165, 1.54) is 13.3 Å². The lowest BCUT2D eigenvalue weighted by atomic mass is 10.2. The fourth-order valence-electron chi connectivity index (χ4n) is 1.95. The number of aromatic nitrogens is 2. The van der Waals surface area contributed by atoms with Crippen molar-refractivity contribution >= 4 is 17.7 Å². The summed E-state index contributed by atoms with van der Waals surface area (Å²) in [5, 5.41) is 5.86. The van der Waals surface area contributed by atoms with Gasteiger partial charge in [0.1, 0.15) is 5.82 Å². The van der Waals surface area contributed by atoms with E-state index in [0.717, 1.165) is 0 Å². The number of nitrogens with zero attached hydrogens (tertiary/aromatic N) is 2. The van der Waals surface area contributed by atoms with Crippen molar-refractivity contribution in [2.45, 2.75) is 6.92 Å². The third kappa shape index (κ3) is 4.50. The highest BCUT2D eigenvalue weighted by molar-refractivity contribution is 5.93. The van der Waals surface area contributed by atoms with E-state index in [4.69, 9.17) is 0 Å². The molecule has 7 heteroatoms. The minimum Gasteiger partial charge on any atom is -0.465 e. The van der Waals surface area contributed by atoms with Crippen LogP contribution in [-0.2, 0) is 4.74 Å². The van der Waals surface area contributed by atoms with Crippen LogP contribution in [0.25, 0.3) is 0 Å². The molecule has 0 atom stereocenters.